The van der Waals surface area contributed by atoms with E-state index in [1.54, 1.807) is 6.07 Å². The number of halogens is 4. The second kappa shape index (κ2) is 9.13. The van der Waals surface area contributed by atoms with Crippen molar-refractivity contribution in [1.82, 2.24) is 15.6 Å². The molecule has 1 aromatic heterocycles. The van der Waals surface area contributed by atoms with E-state index in [0.29, 0.717) is 29.1 Å². The van der Waals surface area contributed by atoms with Crippen LogP contribution in [0.5, 0.6) is 0 Å². The number of rotatable bonds is 4. The number of aromatic nitrogens is 1. The Morgan fingerprint density at radius 1 is 1.12 bits per heavy atom. The minimum absolute atomic E-state index is 0.00370. The first-order valence-electron chi connectivity index (χ1n) is 10.7. The second-order valence-corrected chi connectivity index (χ2v) is 8.80. The van der Waals surface area contributed by atoms with E-state index in [1.807, 2.05) is 6.92 Å². The molecular formula is C22H25ClF3N5O. The van der Waals surface area contributed by atoms with Crippen molar-refractivity contribution in [3.8, 4) is 0 Å². The zero-order valence-electron chi connectivity index (χ0n) is 17.6. The van der Waals surface area contributed by atoms with Crippen LogP contribution in [0.4, 0.5) is 18.9 Å². The number of fused-ring (bicyclic) bond motifs is 1. The summed E-state index contributed by atoms with van der Waals surface area (Å²) in [5.74, 6) is 0.743. The molecule has 10 heteroatoms. The highest BCUT2D eigenvalue weighted by Crippen LogP contribution is 2.35. The lowest BCUT2D eigenvalue weighted by Gasteiger charge is -2.32. The first kappa shape index (κ1) is 22.6. The fraction of sp³-hybridized carbons (Fsp3) is 0.500. The minimum Gasteiger partial charge on any atom is -0.382 e. The summed E-state index contributed by atoms with van der Waals surface area (Å²) >= 11 is 6.07. The maximum Gasteiger partial charge on any atom is 0.433 e. The van der Waals surface area contributed by atoms with Gasteiger partial charge in [0.1, 0.15) is 11.7 Å². The molecule has 2 aliphatic rings. The lowest BCUT2D eigenvalue weighted by Crippen LogP contribution is -2.52. The van der Waals surface area contributed by atoms with Crippen molar-refractivity contribution in [2.75, 3.05) is 11.9 Å². The van der Waals surface area contributed by atoms with E-state index in [2.05, 4.69) is 25.9 Å². The summed E-state index contributed by atoms with van der Waals surface area (Å²) in [6.07, 6.45) is -0.912. The molecule has 2 heterocycles. The lowest BCUT2D eigenvalue weighted by molar-refractivity contribution is -0.140. The van der Waals surface area contributed by atoms with Crippen LogP contribution in [0.1, 0.15) is 44.7 Å². The minimum atomic E-state index is -4.54. The number of aliphatic imine (C=N–C) groups is 1. The number of nitrogens with one attached hydrogen (secondary N) is 3. The summed E-state index contributed by atoms with van der Waals surface area (Å²) in [6, 6.07) is 5.48. The molecule has 0 unspecified atom stereocenters. The Bertz CT molecular complexity index is 1030. The largest absolute Gasteiger partial charge is 0.433 e. The van der Waals surface area contributed by atoms with Crippen LogP contribution in [0, 0.1) is 0 Å². The second-order valence-electron chi connectivity index (χ2n) is 8.37. The van der Waals surface area contributed by atoms with E-state index in [9.17, 15) is 18.0 Å². The van der Waals surface area contributed by atoms with Crippen LogP contribution in [0.3, 0.4) is 0 Å². The molecule has 0 spiro atoms. The molecule has 1 aromatic carbocycles. The third-order valence-corrected chi connectivity index (χ3v) is 6.20. The van der Waals surface area contributed by atoms with Crippen LogP contribution >= 0.6 is 11.6 Å². The van der Waals surface area contributed by atoms with Gasteiger partial charge in [0.25, 0.3) is 0 Å². The van der Waals surface area contributed by atoms with Crippen LogP contribution in [0.25, 0.3) is 10.9 Å². The van der Waals surface area contributed by atoms with Gasteiger partial charge in [0, 0.05) is 34.7 Å². The summed E-state index contributed by atoms with van der Waals surface area (Å²) < 4.78 is 40.0. The summed E-state index contributed by atoms with van der Waals surface area (Å²) in [4.78, 5) is 20.5. The number of carbonyl (C=O) groups is 1. The lowest BCUT2D eigenvalue weighted by atomic mass is 9.90. The molecule has 1 aliphatic heterocycles. The molecule has 1 fully saturated rings. The van der Waals surface area contributed by atoms with Crippen molar-refractivity contribution in [3.63, 3.8) is 0 Å². The normalized spacial score (nSPS) is 23.9. The Balaban J connectivity index is 1.41. The highest BCUT2D eigenvalue weighted by Gasteiger charge is 2.34. The predicted octanol–water partition coefficient (Wildman–Crippen LogP) is 4.53. The molecule has 3 N–H and O–H groups in total. The summed E-state index contributed by atoms with van der Waals surface area (Å²) in [5, 5.41) is 10.5. The van der Waals surface area contributed by atoms with Gasteiger partial charge in [0.15, 0.2) is 0 Å². The molecule has 1 atom stereocenters. The fourth-order valence-corrected chi connectivity index (χ4v) is 4.47. The van der Waals surface area contributed by atoms with Gasteiger partial charge in [-0.1, -0.05) is 11.6 Å². The number of benzene rings is 1. The van der Waals surface area contributed by atoms with Gasteiger partial charge >= 0.3 is 6.18 Å². The van der Waals surface area contributed by atoms with E-state index in [-0.39, 0.29) is 29.5 Å². The first-order chi connectivity index (χ1) is 15.2. The maximum atomic E-state index is 13.3. The molecule has 1 saturated carbocycles. The molecule has 0 radical (unpaired) electrons. The third kappa shape index (κ3) is 5.26. The van der Waals surface area contributed by atoms with Gasteiger partial charge in [-0.3, -0.25) is 9.79 Å². The molecule has 2 aromatic rings. The number of nitrogens with zero attached hydrogens (tertiary/aromatic N) is 2. The zero-order valence-corrected chi connectivity index (χ0v) is 18.4. The van der Waals surface area contributed by atoms with Gasteiger partial charge in [-0.15, -0.1) is 0 Å². The Kier molecular flexibility index (Phi) is 6.46. The summed E-state index contributed by atoms with van der Waals surface area (Å²) in [6.45, 7) is 2.48. The van der Waals surface area contributed by atoms with Gasteiger partial charge in [0.05, 0.1) is 11.4 Å². The fourth-order valence-electron chi connectivity index (χ4n) is 4.29. The Hall–Kier alpha value is -2.55. The number of amides is 1. The maximum absolute atomic E-state index is 13.3. The van der Waals surface area contributed by atoms with E-state index in [1.165, 1.54) is 12.1 Å². The highest BCUT2D eigenvalue weighted by molar-refractivity contribution is 6.31. The van der Waals surface area contributed by atoms with Gasteiger partial charge in [-0.25, -0.2) is 4.98 Å². The van der Waals surface area contributed by atoms with Crippen molar-refractivity contribution in [3.05, 3.63) is 35.0 Å². The number of alkyl halides is 3. The molecule has 4 rings (SSSR count). The van der Waals surface area contributed by atoms with Crippen molar-refractivity contribution in [2.45, 2.75) is 63.3 Å². The molecular weight excluding hydrogens is 443 g/mol. The average Bonchev–Trinajstić information content (AvgIpc) is 2.74. The average molecular weight is 468 g/mol. The number of carbonyl (C=O) groups excluding carboxylic acids is 1. The quantitative estimate of drug-likeness (QED) is 0.617. The Morgan fingerprint density at radius 2 is 1.84 bits per heavy atom. The topological polar surface area (TPSA) is 78.4 Å². The smallest absolute Gasteiger partial charge is 0.382 e. The molecule has 1 aliphatic carbocycles. The van der Waals surface area contributed by atoms with Gasteiger partial charge in [-0.2, -0.15) is 13.2 Å². The highest BCUT2D eigenvalue weighted by atomic mass is 35.5. The molecule has 32 heavy (non-hydrogen) atoms. The van der Waals surface area contributed by atoms with Crippen LogP contribution in [-0.2, 0) is 11.0 Å². The van der Waals surface area contributed by atoms with Crippen LogP contribution in [0.2, 0.25) is 5.02 Å². The van der Waals surface area contributed by atoms with E-state index in [0.717, 1.165) is 37.6 Å². The van der Waals surface area contributed by atoms with Gasteiger partial charge < -0.3 is 16.0 Å². The van der Waals surface area contributed by atoms with Crippen LogP contribution in [0.15, 0.2) is 29.3 Å². The number of pyridine rings is 1. The van der Waals surface area contributed by atoms with Crippen molar-refractivity contribution in [2.24, 2.45) is 4.99 Å². The number of amidine groups is 1. The van der Waals surface area contributed by atoms with Crippen molar-refractivity contribution >= 4 is 39.9 Å². The standard InChI is InChI=1S/C22H25ClF3N5O/c1-12-27-9-8-18(28-12)21(32)30-15-5-3-14(4-6-15)29-19-11-20(22(24,25)26)31-17-7-2-13(23)10-16(17)19/h2,7,10-11,14-15,18H,3-6,8-9H2,1H3,(H,27,28)(H,29,31)(H,30,32)/t14-,15+,18-/m0/s1. The molecule has 6 nitrogen and oxygen atoms in total. The zero-order chi connectivity index (χ0) is 22.9. The Labute approximate surface area is 189 Å². The predicted molar refractivity (Wildman–Crippen MR) is 119 cm³/mol. The number of hydrogen-bond donors (Lipinski definition) is 3. The van der Waals surface area contributed by atoms with Crippen LogP contribution < -0.4 is 16.0 Å². The molecule has 0 saturated heterocycles. The number of hydrogen-bond acceptors (Lipinski definition) is 5. The van der Waals surface area contributed by atoms with Crippen molar-refractivity contribution in [1.29, 1.82) is 0 Å². The van der Waals surface area contributed by atoms with Gasteiger partial charge in [0.2, 0.25) is 5.91 Å². The first-order valence-corrected chi connectivity index (χ1v) is 11.1. The molecule has 1 amide bonds. The van der Waals surface area contributed by atoms with E-state index < -0.39 is 11.9 Å². The SMILES string of the molecule is CC1=NCC[C@@H](C(=O)N[C@H]2CC[C@@H](Nc3cc(C(F)(F)F)nc4ccc(Cl)cc34)CC2)N1. The monoisotopic (exact) mass is 467 g/mol. The molecule has 0 bridgehead atoms. The van der Waals surface area contributed by atoms with Crippen molar-refractivity contribution < 1.29 is 18.0 Å². The molecule has 172 valence electrons. The third-order valence-electron chi connectivity index (χ3n) is 5.96. The number of anilines is 1. The van der Waals surface area contributed by atoms with E-state index >= 15 is 0 Å². The summed E-state index contributed by atoms with van der Waals surface area (Å²) in [5.41, 5.74) is -0.320. The van der Waals surface area contributed by atoms with E-state index in [4.69, 9.17) is 11.6 Å². The van der Waals surface area contributed by atoms with Crippen LogP contribution in [-0.4, -0.2) is 41.4 Å². The van der Waals surface area contributed by atoms with Gasteiger partial charge in [-0.05, 0) is 63.3 Å². The summed E-state index contributed by atoms with van der Waals surface area (Å²) in [7, 11) is 0. The Morgan fingerprint density at radius 3 is 2.53 bits per heavy atom.